The first kappa shape index (κ1) is 13.0. The monoisotopic (exact) mass is 306 g/mol. The second kappa shape index (κ2) is 4.51. The summed E-state index contributed by atoms with van der Waals surface area (Å²) in [6, 6.07) is 9.35. The minimum atomic E-state index is -0.479. The lowest BCUT2D eigenvalue weighted by atomic mass is 10.1. The first-order chi connectivity index (χ1) is 9.50. The number of imide groups is 1. The van der Waals surface area contributed by atoms with Gasteiger partial charge < -0.3 is 5.73 Å². The van der Waals surface area contributed by atoms with Crippen LogP contribution < -0.4 is 10.6 Å². The van der Waals surface area contributed by atoms with Crippen LogP contribution in [-0.2, 0) is 0 Å². The van der Waals surface area contributed by atoms with E-state index < -0.39 is 11.8 Å². The van der Waals surface area contributed by atoms with Gasteiger partial charge >= 0.3 is 0 Å². The van der Waals surface area contributed by atoms with E-state index >= 15 is 0 Å². The average Bonchev–Trinajstić information content (AvgIpc) is 2.64. The number of rotatable bonds is 1. The third kappa shape index (κ3) is 1.77. The SMILES string of the molecule is Nc1cccc2c1C(=O)N(c1ccc(Cl)cc1Cl)C2=O. The second-order valence-electron chi connectivity index (χ2n) is 4.31. The van der Waals surface area contributed by atoms with Gasteiger partial charge in [0.2, 0.25) is 0 Å². The minimum Gasteiger partial charge on any atom is -0.398 e. The summed E-state index contributed by atoms with van der Waals surface area (Å²) in [5.41, 5.74) is 6.83. The van der Waals surface area contributed by atoms with Crippen LogP contribution in [0, 0.1) is 0 Å². The summed E-state index contributed by atoms with van der Waals surface area (Å²) in [6.07, 6.45) is 0. The van der Waals surface area contributed by atoms with Gasteiger partial charge in [0.25, 0.3) is 11.8 Å². The molecule has 0 fully saturated rings. The van der Waals surface area contributed by atoms with Gasteiger partial charge in [0, 0.05) is 10.7 Å². The number of hydrogen-bond donors (Lipinski definition) is 1. The van der Waals surface area contributed by atoms with E-state index in [0.29, 0.717) is 10.7 Å². The van der Waals surface area contributed by atoms with Gasteiger partial charge in [0.1, 0.15) is 0 Å². The van der Waals surface area contributed by atoms with Crippen molar-refractivity contribution in [2.45, 2.75) is 0 Å². The van der Waals surface area contributed by atoms with Gasteiger partial charge in [0.15, 0.2) is 0 Å². The van der Waals surface area contributed by atoms with Crippen LogP contribution in [0.15, 0.2) is 36.4 Å². The van der Waals surface area contributed by atoms with Gasteiger partial charge in [-0.15, -0.1) is 0 Å². The molecule has 0 aromatic heterocycles. The molecular formula is C14H8Cl2N2O2. The number of carbonyl (C=O) groups excluding carboxylic acids is 2. The van der Waals surface area contributed by atoms with Crippen molar-refractivity contribution in [1.29, 1.82) is 0 Å². The van der Waals surface area contributed by atoms with Gasteiger partial charge in [-0.25, -0.2) is 4.90 Å². The Labute approximate surface area is 124 Å². The maximum Gasteiger partial charge on any atom is 0.268 e. The molecule has 0 spiro atoms. The van der Waals surface area contributed by atoms with Crippen molar-refractivity contribution < 1.29 is 9.59 Å². The van der Waals surface area contributed by atoms with E-state index in [4.69, 9.17) is 28.9 Å². The van der Waals surface area contributed by atoms with E-state index in [1.54, 1.807) is 24.3 Å². The zero-order valence-corrected chi connectivity index (χ0v) is 11.6. The summed E-state index contributed by atoms with van der Waals surface area (Å²) in [4.78, 5) is 25.8. The van der Waals surface area contributed by atoms with E-state index in [1.807, 2.05) is 0 Å². The molecule has 0 saturated heterocycles. The van der Waals surface area contributed by atoms with Crippen LogP contribution in [0.25, 0.3) is 0 Å². The number of nitrogens with zero attached hydrogens (tertiary/aromatic N) is 1. The molecule has 0 radical (unpaired) electrons. The predicted molar refractivity (Wildman–Crippen MR) is 78.5 cm³/mol. The fourth-order valence-electron chi connectivity index (χ4n) is 2.19. The summed E-state index contributed by atoms with van der Waals surface area (Å²) >= 11 is 11.9. The van der Waals surface area contributed by atoms with Crippen molar-refractivity contribution in [2.24, 2.45) is 0 Å². The highest BCUT2D eigenvalue weighted by Crippen LogP contribution is 2.36. The Kier molecular flexibility index (Phi) is 2.92. The van der Waals surface area contributed by atoms with Gasteiger partial charge in [-0.05, 0) is 30.3 Å². The van der Waals surface area contributed by atoms with Crippen molar-refractivity contribution in [1.82, 2.24) is 0 Å². The Morgan fingerprint density at radius 2 is 1.75 bits per heavy atom. The van der Waals surface area contributed by atoms with Gasteiger partial charge in [-0.1, -0.05) is 29.3 Å². The summed E-state index contributed by atoms with van der Waals surface area (Å²) < 4.78 is 0. The van der Waals surface area contributed by atoms with E-state index in [-0.39, 0.29) is 21.8 Å². The van der Waals surface area contributed by atoms with E-state index in [0.717, 1.165) is 4.90 Å². The number of carbonyl (C=O) groups is 2. The number of nitrogen functional groups attached to an aromatic ring is 1. The van der Waals surface area contributed by atoms with Crippen LogP contribution in [0.3, 0.4) is 0 Å². The van der Waals surface area contributed by atoms with Gasteiger partial charge in [0.05, 0.1) is 21.8 Å². The maximum absolute atomic E-state index is 12.4. The fourth-order valence-corrected chi connectivity index (χ4v) is 2.69. The first-order valence-corrected chi connectivity index (χ1v) is 6.48. The lowest BCUT2D eigenvalue weighted by Crippen LogP contribution is -2.29. The molecule has 4 nitrogen and oxygen atoms in total. The number of amides is 2. The van der Waals surface area contributed by atoms with Crippen LogP contribution in [0.4, 0.5) is 11.4 Å². The Bertz CT molecular complexity index is 759. The summed E-state index contributed by atoms with van der Waals surface area (Å²) in [5.74, 6) is -0.922. The zero-order valence-electron chi connectivity index (χ0n) is 10.1. The molecule has 0 saturated carbocycles. The Morgan fingerprint density at radius 1 is 1.00 bits per heavy atom. The van der Waals surface area contributed by atoms with E-state index in [9.17, 15) is 9.59 Å². The minimum absolute atomic E-state index is 0.212. The maximum atomic E-state index is 12.4. The molecule has 1 heterocycles. The molecule has 2 amide bonds. The van der Waals surface area contributed by atoms with Crippen LogP contribution in [0.5, 0.6) is 0 Å². The number of benzene rings is 2. The highest BCUT2D eigenvalue weighted by molar-refractivity contribution is 6.41. The summed E-state index contributed by atoms with van der Waals surface area (Å²) in [5, 5.41) is 0.653. The summed E-state index contributed by atoms with van der Waals surface area (Å²) in [7, 11) is 0. The van der Waals surface area contributed by atoms with Crippen LogP contribution >= 0.6 is 23.2 Å². The smallest absolute Gasteiger partial charge is 0.268 e. The molecule has 2 aromatic carbocycles. The quantitative estimate of drug-likeness (QED) is 0.649. The second-order valence-corrected chi connectivity index (χ2v) is 5.15. The third-order valence-corrected chi connectivity index (χ3v) is 3.64. The molecule has 3 rings (SSSR count). The van der Waals surface area contributed by atoms with Crippen molar-refractivity contribution in [2.75, 3.05) is 10.6 Å². The largest absolute Gasteiger partial charge is 0.398 e. The van der Waals surface area contributed by atoms with Gasteiger partial charge in [-0.2, -0.15) is 0 Å². The molecular weight excluding hydrogens is 299 g/mol. The van der Waals surface area contributed by atoms with Crippen molar-refractivity contribution in [3.8, 4) is 0 Å². The number of fused-ring (bicyclic) bond motifs is 1. The van der Waals surface area contributed by atoms with Crippen LogP contribution in [0.1, 0.15) is 20.7 Å². The highest BCUT2D eigenvalue weighted by Gasteiger charge is 2.38. The first-order valence-electron chi connectivity index (χ1n) is 5.73. The molecule has 0 bridgehead atoms. The normalized spacial score (nSPS) is 13.8. The average molecular weight is 307 g/mol. The Hall–Kier alpha value is -2.04. The number of nitrogens with two attached hydrogens (primary N) is 1. The zero-order chi connectivity index (χ0) is 14.4. The fraction of sp³-hybridized carbons (Fsp3) is 0. The van der Waals surface area contributed by atoms with Crippen molar-refractivity contribution >= 4 is 46.4 Å². The molecule has 6 heteroatoms. The van der Waals surface area contributed by atoms with Crippen molar-refractivity contribution in [3.05, 3.63) is 57.6 Å². The molecule has 100 valence electrons. The molecule has 1 aliphatic rings. The lowest BCUT2D eigenvalue weighted by molar-refractivity contribution is 0.0926. The number of halogens is 2. The molecule has 20 heavy (non-hydrogen) atoms. The third-order valence-electron chi connectivity index (χ3n) is 3.10. The standard InChI is InChI=1S/C14H8Cl2N2O2/c15-7-4-5-11(9(16)6-7)18-13(19)8-2-1-3-10(17)12(8)14(18)20/h1-6H,17H2. The van der Waals surface area contributed by atoms with E-state index in [2.05, 4.69) is 0 Å². The Morgan fingerprint density at radius 3 is 2.40 bits per heavy atom. The Balaban J connectivity index is 2.17. The predicted octanol–water partition coefficient (Wildman–Crippen LogP) is 3.38. The van der Waals surface area contributed by atoms with E-state index in [1.165, 1.54) is 12.1 Å². The molecule has 1 aliphatic heterocycles. The molecule has 2 N–H and O–H groups in total. The lowest BCUT2D eigenvalue weighted by Gasteiger charge is -2.15. The van der Waals surface area contributed by atoms with Crippen LogP contribution in [-0.4, -0.2) is 11.8 Å². The number of hydrogen-bond acceptors (Lipinski definition) is 3. The molecule has 0 unspecified atom stereocenters. The highest BCUT2D eigenvalue weighted by atomic mass is 35.5. The molecule has 2 aromatic rings. The molecule has 0 atom stereocenters. The van der Waals surface area contributed by atoms with Gasteiger partial charge in [-0.3, -0.25) is 9.59 Å². The summed E-state index contributed by atoms with van der Waals surface area (Å²) in [6.45, 7) is 0. The topological polar surface area (TPSA) is 63.4 Å². The number of anilines is 2. The van der Waals surface area contributed by atoms with Crippen molar-refractivity contribution in [3.63, 3.8) is 0 Å². The molecule has 0 aliphatic carbocycles. The van der Waals surface area contributed by atoms with Crippen LogP contribution in [0.2, 0.25) is 10.0 Å².